The number of hydrogen-bond donors (Lipinski definition) is 3. The van der Waals surface area contributed by atoms with Crippen molar-refractivity contribution in [3.63, 3.8) is 0 Å². The average molecular weight is 497 g/mol. The van der Waals surface area contributed by atoms with Crippen LogP contribution < -0.4 is 10.0 Å². The summed E-state index contributed by atoms with van der Waals surface area (Å²) in [6, 6.07) is 7.10. The topological polar surface area (TPSA) is 139 Å². The first kappa shape index (κ1) is 26.3. The number of phenols is 1. The molecule has 0 saturated carbocycles. The monoisotopic (exact) mass is 496 g/mol. The number of benzene rings is 1. The van der Waals surface area contributed by atoms with E-state index in [0.717, 1.165) is 0 Å². The number of ether oxygens (including phenoxy) is 1. The minimum absolute atomic E-state index is 0.0216. The molecule has 2 amide bonds. The number of phenolic OH excluding ortho intramolecular Hbond substituents is 1. The third-order valence-electron chi connectivity index (χ3n) is 4.13. The Bertz CT molecular complexity index is 1130. The maximum absolute atomic E-state index is 12.8. The van der Waals surface area contributed by atoms with E-state index in [1.54, 1.807) is 20.8 Å². The van der Waals surface area contributed by atoms with Crippen LogP contribution in [0.15, 0.2) is 40.6 Å². The van der Waals surface area contributed by atoms with E-state index in [1.807, 2.05) is 18.6 Å². The van der Waals surface area contributed by atoms with Gasteiger partial charge in [-0.3, -0.25) is 9.59 Å². The van der Waals surface area contributed by atoms with Crippen molar-refractivity contribution in [1.82, 2.24) is 10.0 Å². The van der Waals surface area contributed by atoms with Crippen LogP contribution in [0, 0.1) is 5.92 Å². The fraction of sp³-hybridized carbons (Fsp3) is 0.409. The summed E-state index contributed by atoms with van der Waals surface area (Å²) in [5.74, 6) is -1.49. The Balaban J connectivity index is 2.17. The zero-order valence-electron chi connectivity index (χ0n) is 19.0. The van der Waals surface area contributed by atoms with E-state index < -0.39 is 39.4 Å². The van der Waals surface area contributed by atoms with Gasteiger partial charge in [-0.05, 0) is 57.4 Å². The second-order valence-corrected chi connectivity index (χ2v) is 11.8. The van der Waals surface area contributed by atoms with Crippen LogP contribution in [0.2, 0.25) is 0 Å². The van der Waals surface area contributed by atoms with Gasteiger partial charge < -0.3 is 15.2 Å². The number of ketones is 1. The Morgan fingerprint density at radius 1 is 1.12 bits per heavy atom. The largest absolute Gasteiger partial charge is 0.508 e. The Morgan fingerprint density at radius 2 is 1.79 bits per heavy atom. The van der Waals surface area contributed by atoms with Gasteiger partial charge in [0.15, 0.2) is 0 Å². The van der Waals surface area contributed by atoms with Gasteiger partial charge in [0.1, 0.15) is 21.6 Å². The lowest BCUT2D eigenvalue weighted by Gasteiger charge is -2.24. The van der Waals surface area contributed by atoms with Gasteiger partial charge >= 0.3 is 6.09 Å². The number of hydrogen-bond acceptors (Lipinski definition) is 8. The minimum atomic E-state index is -4.29. The summed E-state index contributed by atoms with van der Waals surface area (Å²) in [5.41, 5.74) is -0.590. The lowest BCUT2D eigenvalue weighted by Crippen LogP contribution is -2.50. The van der Waals surface area contributed by atoms with Gasteiger partial charge in [0.05, 0.1) is 4.88 Å². The lowest BCUT2D eigenvalue weighted by atomic mass is 10.0. The predicted molar refractivity (Wildman–Crippen MR) is 124 cm³/mol. The van der Waals surface area contributed by atoms with Gasteiger partial charge in [0.25, 0.3) is 15.9 Å². The first-order valence-electron chi connectivity index (χ1n) is 10.2. The number of carbonyl (C=O) groups excluding carboxylic acids is 3. The maximum atomic E-state index is 12.8. The van der Waals surface area contributed by atoms with Gasteiger partial charge in [-0.15, -0.1) is 11.3 Å². The second-order valence-electron chi connectivity index (χ2n) is 8.80. The molecule has 180 valence electrons. The van der Waals surface area contributed by atoms with Crippen molar-refractivity contribution in [2.75, 3.05) is 0 Å². The van der Waals surface area contributed by atoms with Gasteiger partial charge in [-0.1, -0.05) is 26.0 Å². The maximum Gasteiger partial charge on any atom is 0.408 e. The van der Waals surface area contributed by atoms with Gasteiger partial charge in [0, 0.05) is 5.56 Å². The minimum Gasteiger partial charge on any atom is -0.508 e. The molecule has 1 atom stereocenters. The van der Waals surface area contributed by atoms with Crippen molar-refractivity contribution in [3.8, 4) is 5.75 Å². The van der Waals surface area contributed by atoms with Crippen LogP contribution in [0.5, 0.6) is 5.75 Å². The highest BCUT2D eigenvalue weighted by atomic mass is 32.2. The smallest absolute Gasteiger partial charge is 0.408 e. The molecule has 0 aliphatic rings. The van der Waals surface area contributed by atoms with Crippen LogP contribution in [0.25, 0.3) is 0 Å². The predicted octanol–water partition coefficient (Wildman–Crippen LogP) is 3.43. The summed E-state index contributed by atoms with van der Waals surface area (Å²) < 4.78 is 32.4. The van der Waals surface area contributed by atoms with Crippen LogP contribution in [0.3, 0.4) is 0 Å². The molecular weight excluding hydrogens is 468 g/mol. The molecule has 0 aliphatic heterocycles. The van der Waals surface area contributed by atoms with E-state index in [4.69, 9.17) is 4.74 Å². The van der Waals surface area contributed by atoms with Crippen molar-refractivity contribution in [3.05, 3.63) is 46.8 Å². The van der Waals surface area contributed by atoms with Crippen LogP contribution in [-0.2, 0) is 19.6 Å². The SMILES string of the molecule is CC(C)C[C@H](NC(=O)OC(C)(C)C)C(=O)NS(=O)(=O)c1ccc(C(=O)c2cccc(O)c2)s1. The molecule has 0 radical (unpaired) electrons. The Hall–Kier alpha value is -2.92. The summed E-state index contributed by atoms with van der Waals surface area (Å²) in [6.45, 7) is 8.65. The third-order valence-corrected chi connectivity index (χ3v) is 7.05. The molecule has 33 heavy (non-hydrogen) atoms. The molecule has 0 fully saturated rings. The van der Waals surface area contributed by atoms with Crippen LogP contribution >= 0.6 is 11.3 Å². The molecule has 1 aromatic heterocycles. The quantitative estimate of drug-likeness (QED) is 0.476. The number of sulfonamides is 1. The van der Waals surface area contributed by atoms with E-state index in [-0.39, 0.29) is 32.7 Å². The molecule has 2 rings (SSSR count). The zero-order valence-corrected chi connectivity index (χ0v) is 20.7. The van der Waals surface area contributed by atoms with E-state index in [9.17, 15) is 27.9 Å². The number of amides is 2. The molecule has 0 spiro atoms. The fourth-order valence-corrected chi connectivity index (χ4v) is 5.07. The zero-order chi connectivity index (χ0) is 25.0. The summed E-state index contributed by atoms with van der Waals surface area (Å²) in [6.07, 6.45) is -0.650. The summed E-state index contributed by atoms with van der Waals surface area (Å²) in [4.78, 5) is 37.5. The van der Waals surface area contributed by atoms with E-state index >= 15 is 0 Å². The molecule has 1 aromatic carbocycles. The van der Waals surface area contributed by atoms with Crippen molar-refractivity contribution >= 4 is 39.1 Å². The molecule has 0 bridgehead atoms. The number of carbonyl (C=O) groups is 3. The van der Waals surface area contributed by atoms with Crippen molar-refractivity contribution in [2.45, 2.75) is 56.9 Å². The molecule has 3 N–H and O–H groups in total. The lowest BCUT2D eigenvalue weighted by molar-refractivity contribution is -0.121. The highest BCUT2D eigenvalue weighted by Crippen LogP contribution is 2.25. The van der Waals surface area contributed by atoms with Gasteiger partial charge in [0.2, 0.25) is 5.78 Å². The van der Waals surface area contributed by atoms with Crippen molar-refractivity contribution in [2.24, 2.45) is 5.92 Å². The van der Waals surface area contributed by atoms with Crippen LogP contribution in [-0.4, -0.2) is 43.0 Å². The van der Waals surface area contributed by atoms with Crippen molar-refractivity contribution < 1.29 is 32.6 Å². The average Bonchev–Trinajstić information content (AvgIpc) is 3.16. The Morgan fingerprint density at radius 3 is 2.36 bits per heavy atom. The van der Waals surface area contributed by atoms with E-state index in [1.165, 1.54) is 36.4 Å². The molecular formula is C22H28N2O7S2. The third kappa shape index (κ3) is 7.86. The molecule has 0 saturated heterocycles. The molecule has 11 heteroatoms. The highest BCUT2D eigenvalue weighted by Gasteiger charge is 2.29. The first-order valence-corrected chi connectivity index (χ1v) is 12.5. The standard InChI is InChI=1S/C22H28N2O7S2/c1-13(2)11-16(23-21(28)31-22(3,4)5)20(27)24-33(29,30)18-10-9-17(32-18)19(26)14-7-6-8-15(25)12-14/h6-10,12-13,16,25H,11H2,1-5H3,(H,23,28)(H,24,27)/t16-/m0/s1. The highest BCUT2D eigenvalue weighted by molar-refractivity contribution is 7.92. The Kier molecular flexibility index (Phi) is 8.25. The first-order chi connectivity index (χ1) is 15.2. The van der Waals surface area contributed by atoms with Crippen molar-refractivity contribution in [1.29, 1.82) is 0 Å². The number of thiophene rings is 1. The summed E-state index contributed by atoms with van der Waals surface area (Å²) in [5, 5.41) is 12.0. The van der Waals surface area contributed by atoms with Crippen LogP contribution in [0.4, 0.5) is 4.79 Å². The number of aromatic hydroxyl groups is 1. The molecule has 1 heterocycles. The van der Waals surface area contributed by atoms with Gasteiger partial charge in [-0.2, -0.15) is 0 Å². The van der Waals surface area contributed by atoms with E-state index in [2.05, 4.69) is 5.32 Å². The summed E-state index contributed by atoms with van der Waals surface area (Å²) >= 11 is 0.692. The number of nitrogens with one attached hydrogen (secondary N) is 2. The van der Waals surface area contributed by atoms with Crippen LogP contribution in [0.1, 0.15) is 56.3 Å². The number of rotatable bonds is 8. The fourth-order valence-electron chi connectivity index (χ4n) is 2.78. The summed E-state index contributed by atoms with van der Waals surface area (Å²) in [7, 11) is -4.29. The normalized spacial score (nSPS) is 12.8. The Labute approximate surface area is 197 Å². The molecule has 2 aromatic rings. The van der Waals surface area contributed by atoms with Gasteiger partial charge in [-0.25, -0.2) is 17.9 Å². The molecule has 0 unspecified atom stereocenters. The number of alkyl carbamates (subject to hydrolysis) is 1. The molecule has 9 nitrogen and oxygen atoms in total. The van der Waals surface area contributed by atoms with E-state index in [0.29, 0.717) is 11.3 Å². The molecule has 0 aliphatic carbocycles. The second kappa shape index (κ2) is 10.3.